The van der Waals surface area contributed by atoms with Gasteiger partial charge in [-0.25, -0.2) is 0 Å². The Kier molecular flexibility index (Phi) is 9.82. The van der Waals surface area contributed by atoms with Gasteiger partial charge < -0.3 is 14.2 Å². The molecule has 8 aromatic rings. The fourth-order valence-electron chi connectivity index (χ4n) is 8.25. The maximum Gasteiger partial charge on any atom is 0.138 e. The quantitative estimate of drug-likeness (QED) is 0.168. The Morgan fingerprint density at radius 1 is 0.322 bits per heavy atom. The van der Waals surface area contributed by atoms with Crippen molar-refractivity contribution >= 4 is 66.8 Å². The van der Waals surface area contributed by atoms with E-state index in [1.165, 1.54) is 33.0 Å². The molecule has 0 fully saturated rings. The van der Waals surface area contributed by atoms with Crippen molar-refractivity contribution in [2.24, 2.45) is 0 Å². The summed E-state index contributed by atoms with van der Waals surface area (Å²) in [6.07, 6.45) is 0. The van der Waals surface area contributed by atoms with Crippen LogP contribution in [0.15, 0.2) is 150 Å². The second-order valence-corrected chi connectivity index (χ2v) is 20.5. The lowest BCUT2D eigenvalue weighted by Crippen LogP contribution is -2.14. The van der Waals surface area contributed by atoms with E-state index in [1.54, 1.807) is 0 Å². The summed E-state index contributed by atoms with van der Waals surface area (Å²) in [5.41, 5.74) is 13.7. The molecule has 0 bridgehead atoms. The molecule has 3 heteroatoms. The van der Waals surface area contributed by atoms with Gasteiger partial charge >= 0.3 is 0 Å². The second-order valence-electron chi connectivity index (χ2n) is 20.5. The lowest BCUT2D eigenvalue weighted by atomic mass is 9.86. The average Bonchev–Trinajstić information content (AvgIpc) is 3.56. The molecule has 0 saturated heterocycles. The first-order chi connectivity index (χ1) is 27.8. The van der Waals surface area contributed by atoms with Gasteiger partial charge in [-0.15, -0.1) is 0 Å². The Labute approximate surface area is 352 Å². The summed E-state index contributed by atoms with van der Waals surface area (Å²) < 4.78 is 6.99. The molecule has 0 atom stereocenters. The van der Waals surface area contributed by atoms with Crippen molar-refractivity contribution in [2.75, 3.05) is 9.80 Å². The molecular formula is C56H60N2O. The van der Waals surface area contributed by atoms with Crippen LogP contribution < -0.4 is 9.80 Å². The molecule has 1 aromatic heterocycles. The number of hydrogen-bond acceptors (Lipinski definition) is 3. The number of furan rings is 1. The summed E-state index contributed by atoms with van der Waals surface area (Å²) in [5, 5.41) is 4.58. The van der Waals surface area contributed by atoms with Crippen LogP contribution >= 0.6 is 0 Å². The Hall–Kier alpha value is -5.80. The van der Waals surface area contributed by atoms with Crippen molar-refractivity contribution in [1.82, 2.24) is 0 Å². The lowest BCUT2D eigenvalue weighted by Gasteiger charge is -2.29. The van der Waals surface area contributed by atoms with Crippen LogP contribution in [0.2, 0.25) is 0 Å². The van der Waals surface area contributed by atoms with Crippen LogP contribution in [0.1, 0.15) is 105 Å². The predicted molar refractivity (Wildman–Crippen MR) is 255 cm³/mol. The first-order valence-electron chi connectivity index (χ1n) is 21.2. The summed E-state index contributed by atoms with van der Waals surface area (Å²) in [6, 6.07) is 53.9. The monoisotopic (exact) mass is 776 g/mol. The van der Waals surface area contributed by atoms with Gasteiger partial charge in [-0.3, -0.25) is 0 Å². The van der Waals surface area contributed by atoms with E-state index in [0.29, 0.717) is 0 Å². The third-order valence-electron chi connectivity index (χ3n) is 11.9. The van der Waals surface area contributed by atoms with E-state index in [4.69, 9.17) is 4.42 Å². The summed E-state index contributed by atoms with van der Waals surface area (Å²) in [7, 11) is 0. The normalized spacial score (nSPS) is 12.7. The smallest absolute Gasteiger partial charge is 0.138 e. The maximum atomic E-state index is 6.99. The van der Waals surface area contributed by atoms with Crippen molar-refractivity contribution in [3.8, 4) is 0 Å². The van der Waals surface area contributed by atoms with E-state index in [9.17, 15) is 0 Å². The van der Waals surface area contributed by atoms with E-state index >= 15 is 0 Å². The van der Waals surface area contributed by atoms with Crippen molar-refractivity contribution in [3.63, 3.8) is 0 Å². The molecule has 0 radical (unpaired) electrons. The van der Waals surface area contributed by atoms with Crippen LogP contribution in [-0.2, 0) is 21.7 Å². The fraction of sp³-hybridized carbons (Fsp3) is 0.286. The van der Waals surface area contributed by atoms with E-state index in [2.05, 4.69) is 238 Å². The Bertz CT molecular complexity index is 2640. The first-order valence-corrected chi connectivity index (χ1v) is 21.2. The van der Waals surface area contributed by atoms with Crippen molar-refractivity contribution in [3.05, 3.63) is 168 Å². The highest BCUT2D eigenvalue weighted by molar-refractivity contribution is 6.22. The number of anilines is 6. The standard InChI is InChI=1S/C56H60N2O/c1-53(2,3)37-17-25-41(26-18-37)57(42-27-19-38(20-28-42)54(4,5)6)45-33-34-48-50(35-45)59-51-36-49(46-15-13-14-16-47(46)52(48)51)58(43-29-21-39(22-30-43)55(7,8)9)44-31-23-40(24-32-44)56(10,11)12/h13-36H,1-12H3. The van der Waals surface area contributed by atoms with Gasteiger partial charge in [0.2, 0.25) is 0 Å². The summed E-state index contributed by atoms with van der Waals surface area (Å²) in [6.45, 7) is 27.2. The highest BCUT2D eigenvalue weighted by Crippen LogP contribution is 2.47. The summed E-state index contributed by atoms with van der Waals surface area (Å²) in [4.78, 5) is 4.74. The van der Waals surface area contributed by atoms with Gasteiger partial charge in [0.25, 0.3) is 0 Å². The Morgan fingerprint density at radius 3 is 1.07 bits per heavy atom. The van der Waals surface area contributed by atoms with E-state index in [1.807, 2.05) is 0 Å². The molecule has 59 heavy (non-hydrogen) atoms. The van der Waals surface area contributed by atoms with E-state index < -0.39 is 0 Å². The zero-order valence-electron chi connectivity index (χ0n) is 37.2. The van der Waals surface area contributed by atoms with Crippen LogP contribution in [0.3, 0.4) is 0 Å². The van der Waals surface area contributed by atoms with E-state index in [-0.39, 0.29) is 21.7 Å². The lowest BCUT2D eigenvalue weighted by molar-refractivity contribution is 0.590. The molecule has 0 aliphatic heterocycles. The largest absolute Gasteiger partial charge is 0.456 e. The predicted octanol–water partition coefficient (Wildman–Crippen LogP) is 16.9. The third-order valence-corrected chi connectivity index (χ3v) is 11.9. The molecule has 8 rings (SSSR count). The minimum absolute atomic E-state index is 0.0534. The number of fused-ring (bicyclic) bond motifs is 5. The molecule has 1 heterocycles. The van der Waals surface area contributed by atoms with Crippen LogP contribution in [0, 0.1) is 0 Å². The maximum absolute atomic E-state index is 6.99. The summed E-state index contributed by atoms with van der Waals surface area (Å²) >= 11 is 0. The summed E-state index contributed by atoms with van der Waals surface area (Å²) in [5.74, 6) is 0. The zero-order chi connectivity index (χ0) is 42.1. The highest BCUT2D eigenvalue weighted by Gasteiger charge is 2.24. The van der Waals surface area contributed by atoms with Crippen molar-refractivity contribution in [2.45, 2.75) is 105 Å². The Balaban J connectivity index is 1.31. The van der Waals surface area contributed by atoms with Gasteiger partial charge in [-0.2, -0.15) is 0 Å². The zero-order valence-corrected chi connectivity index (χ0v) is 37.2. The van der Waals surface area contributed by atoms with Gasteiger partial charge in [-0.1, -0.05) is 156 Å². The number of nitrogens with zero attached hydrogens (tertiary/aromatic N) is 2. The minimum Gasteiger partial charge on any atom is -0.456 e. The molecule has 0 saturated carbocycles. The molecule has 3 nitrogen and oxygen atoms in total. The molecular weight excluding hydrogens is 717 g/mol. The van der Waals surface area contributed by atoms with Crippen LogP contribution in [0.5, 0.6) is 0 Å². The highest BCUT2D eigenvalue weighted by atomic mass is 16.3. The Morgan fingerprint density at radius 2 is 0.678 bits per heavy atom. The average molecular weight is 777 g/mol. The van der Waals surface area contributed by atoms with Gasteiger partial charge in [0.05, 0.1) is 5.69 Å². The topological polar surface area (TPSA) is 19.6 Å². The molecule has 0 unspecified atom stereocenters. The van der Waals surface area contributed by atoms with Gasteiger partial charge in [0, 0.05) is 56.7 Å². The van der Waals surface area contributed by atoms with Crippen LogP contribution in [0.4, 0.5) is 34.1 Å². The van der Waals surface area contributed by atoms with E-state index in [0.717, 1.165) is 56.1 Å². The van der Waals surface area contributed by atoms with Crippen LogP contribution in [-0.4, -0.2) is 0 Å². The molecule has 300 valence electrons. The molecule has 0 aliphatic rings. The molecule has 0 amide bonds. The minimum atomic E-state index is 0.0534. The molecule has 0 spiro atoms. The fourth-order valence-corrected chi connectivity index (χ4v) is 8.25. The third kappa shape index (κ3) is 7.76. The SMILES string of the molecule is CC(C)(C)c1ccc(N(c2ccc(C(C)(C)C)cc2)c2ccc3c(c2)oc2cc(N(c4ccc(C(C)(C)C)cc4)c4ccc(C(C)(C)C)cc4)c4ccccc4c23)cc1. The van der Waals surface area contributed by atoms with Gasteiger partial charge in [0.15, 0.2) is 0 Å². The van der Waals surface area contributed by atoms with Gasteiger partial charge in [0.1, 0.15) is 11.2 Å². The molecule has 0 N–H and O–H groups in total. The molecule has 0 aliphatic carbocycles. The van der Waals surface area contributed by atoms with Gasteiger partial charge in [-0.05, 0) is 110 Å². The molecule has 7 aromatic carbocycles. The number of hydrogen-bond donors (Lipinski definition) is 0. The van der Waals surface area contributed by atoms with Crippen molar-refractivity contribution in [1.29, 1.82) is 0 Å². The van der Waals surface area contributed by atoms with Crippen LogP contribution in [0.25, 0.3) is 32.7 Å². The number of rotatable bonds is 6. The second kappa shape index (κ2) is 14.5. The first kappa shape index (κ1) is 40.0. The number of benzene rings is 7. The van der Waals surface area contributed by atoms with Crippen molar-refractivity contribution < 1.29 is 4.42 Å².